The van der Waals surface area contributed by atoms with Crippen molar-refractivity contribution >= 4 is 11.9 Å². The molecule has 4 rings (SSSR count). The Labute approximate surface area is 159 Å². The van der Waals surface area contributed by atoms with Gasteiger partial charge in [0, 0.05) is 0 Å². The van der Waals surface area contributed by atoms with Gasteiger partial charge in [0.15, 0.2) is 0 Å². The molecule has 2 aliphatic rings. The summed E-state index contributed by atoms with van der Waals surface area (Å²) in [4.78, 5) is 25.8. The van der Waals surface area contributed by atoms with Crippen LogP contribution in [0.1, 0.15) is 30.4 Å². The first-order valence-electron chi connectivity index (χ1n) is 9.58. The van der Waals surface area contributed by atoms with E-state index in [1.165, 1.54) is 0 Å². The van der Waals surface area contributed by atoms with Crippen molar-refractivity contribution in [3.05, 3.63) is 59.7 Å². The summed E-state index contributed by atoms with van der Waals surface area (Å²) in [6.07, 6.45) is 2.86. The van der Waals surface area contributed by atoms with Crippen molar-refractivity contribution in [3.63, 3.8) is 0 Å². The molecule has 4 atom stereocenters. The van der Waals surface area contributed by atoms with E-state index in [4.69, 9.17) is 9.47 Å². The van der Waals surface area contributed by atoms with Gasteiger partial charge in [-0.05, 0) is 80.3 Å². The second kappa shape index (κ2) is 7.18. The van der Waals surface area contributed by atoms with E-state index < -0.39 is 11.8 Å². The first kappa shape index (κ1) is 17.8. The lowest BCUT2D eigenvalue weighted by molar-refractivity contribution is -0.152. The molecule has 0 aliphatic heterocycles. The van der Waals surface area contributed by atoms with Gasteiger partial charge in [-0.3, -0.25) is 9.59 Å². The Kier molecular flexibility index (Phi) is 4.73. The van der Waals surface area contributed by atoms with Gasteiger partial charge in [0.1, 0.15) is 11.5 Å². The molecule has 0 spiro atoms. The van der Waals surface area contributed by atoms with Crippen LogP contribution in [0.3, 0.4) is 0 Å². The maximum Gasteiger partial charge on any atom is 0.315 e. The van der Waals surface area contributed by atoms with Gasteiger partial charge >= 0.3 is 11.9 Å². The maximum absolute atomic E-state index is 12.9. The second-order valence-corrected chi connectivity index (χ2v) is 7.86. The number of carbonyl (C=O) groups is 2. The Bertz CT molecular complexity index is 801. The van der Waals surface area contributed by atoms with E-state index >= 15 is 0 Å². The van der Waals surface area contributed by atoms with E-state index in [9.17, 15) is 9.59 Å². The third-order valence-electron chi connectivity index (χ3n) is 5.88. The number of hydrogen-bond donors (Lipinski definition) is 0. The van der Waals surface area contributed by atoms with Crippen LogP contribution in [0.25, 0.3) is 0 Å². The van der Waals surface area contributed by atoms with Crippen molar-refractivity contribution in [1.82, 2.24) is 0 Å². The molecule has 4 heteroatoms. The highest BCUT2D eigenvalue weighted by molar-refractivity contribution is 5.86. The van der Waals surface area contributed by atoms with Crippen molar-refractivity contribution < 1.29 is 19.1 Å². The number of fused-ring (bicyclic) bond motifs is 2. The Morgan fingerprint density at radius 1 is 0.778 bits per heavy atom. The predicted octanol–water partition coefficient (Wildman–Crippen LogP) is 4.48. The fourth-order valence-electron chi connectivity index (χ4n) is 4.70. The summed E-state index contributed by atoms with van der Waals surface area (Å²) < 4.78 is 11.3. The lowest BCUT2D eigenvalue weighted by atomic mass is 9.79. The number of aryl methyl sites for hydroxylation is 2. The average Bonchev–Trinajstić information content (AvgIpc) is 3.23. The van der Waals surface area contributed by atoms with Crippen molar-refractivity contribution in [2.75, 3.05) is 0 Å². The van der Waals surface area contributed by atoms with Crippen LogP contribution in [-0.2, 0) is 9.59 Å². The van der Waals surface area contributed by atoms with Crippen LogP contribution in [0.4, 0.5) is 0 Å². The van der Waals surface area contributed by atoms with Gasteiger partial charge in [0.25, 0.3) is 0 Å². The molecule has 0 aromatic heterocycles. The molecule has 2 aromatic rings. The number of ether oxygens (including phenoxy) is 2. The average molecular weight is 364 g/mol. The van der Waals surface area contributed by atoms with Crippen LogP contribution in [0.15, 0.2) is 48.5 Å². The van der Waals surface area contributed by atoms with E-state index in [2.05, 4.69) is 0 Å². The molecule has 0 amide bonds. The second-order valence-electron chi connectivity index (χ2n) is 7.86. The third-order valence-corrected chi connectivity index (χ3v) is 5.88. The monoisotopic (exact) mass is 364 g/mol. The van der Waals surface area contributed by atoms with Gasteiger partial charge in [-0.25, -0.2) is 0 Å². The zero-order valence-corrected chi connectivity index (χ0v) is 15.7. The van der Waals surface area contributed by atoms with Crippen LogP contribution in [0.5, 0.6) is 11.5 Å². The first-order chi connectivity index (χ1) is 13.0. The summed E-state index contributed by atoms with van der Waals surface area (Å²) in [5.41, 5.74) is 2.06. The summed E-state index contributed by atoms with van der Waals surface area (Å²) in [6, 6.07) is 14.9. The molecule has 0 saturated heterocycles. The number of esters is 2. The number of benzene rings is 2. The fourth-order valence-corrected chi connectivity index (χ4v) is 4.70. The molecule has 2 aromatic carbocycles. The molecule has 2 bridgehead atoms. The van der Waals surface area contributed by atoms with Gasteiger partial charge in [-0.1, -0.05) is 24.3 Å². The molecule has 2 aliphatic carbocycles. The molecule has 0 heterocycles. The molecular weight excluding hydrogens is 340 g/mol. The van der Waals surface area contributed by atoms with Crippen LogP contribution in [-0.4, -0.2) is 11.9 Å². The van der Waals surface area contributed by atoms with Gasteiger partial charge in [0.05, 0.1) is 11.8 Å². The predicted molar refractivity (Wildman–Crippen MR) is 101 cm³/mol. The highest BCUT2D eigenvalue weighted by atomic mass is 16.5. The minimum atomic E-state index is -0.415. The summed E-state index contributed by atoms with van der Waals surface area (Å²) >= 11 is 0. The van der Waals surface area contributed by atoms with E-state index in [0.717, 1.165) is 30.4 Å². The zero-order valence-electron chi connectivity index (χ0n) is 15.7. The highest BCUT2D eigenvalue weighted by Gasteiger charge is 2.55. The normalized spacial score (nSPS) is 26.0. The van der Waals surface area contributed by atoms with Crippen molar-refractivity contribution in [1.29, 1.82) is 0 Å². The Balaban J connectivity index is 1.52. The van der Waals surface area contributed by atoms with Crippen LogP contribution in [0, 0.1) is 37.5 Å². The zero-order chi connectivity index (χ0) is 19.0. The number of carbonyl (C=O) groups excluding carboxylic acids is 2. The summed E-state index contributed by atoms with van der Waals surface area (Å²) in [6.45, 7) is 3.91. The van der Waals surface area contributed by atoms with Gasteiger partial charge in [-0.15, -0.1) is 0 Å². The van der Waals surface area contributed by atoms with Crippen molar-refractivity contribution in [2.45, 2.75) is 33.1 Å². The Hall–Kier alpha value is -2.62. The lowest BCUT2D eigenvalue weighted by Gasteiger charge is -2.27. The number of hydrogen-bond acceptors (Lipinski definition) is 4. The van der Waals surface area contributed by atoms with Crippen LogP contribution >= 0.6 is 0 Å². The largest absolute Gasteiger partial charge is 0.426 e. The first-order valence-corrected chi connectivity index (χ1v) is 9.58. The molecule has 0 radical (unpaired) electrons. The summed E-state index contributed by atoms with van der Waals surface area (Å²) in [5.74, 6) is 0.0491. The fraction of sp³-hybridized carbons (Fsp3) is 0.391. The minimum absolute atomic E-state index is 0.211. The molecule has 140 valence electrons. The minimum Gasteiger partial charge on any atom is -0.426 e. The van der Waals surface area contributed by atoms with Gasteiger partial charge < -0.3 is 9.47 Å². The van der Waals surface area contributed by atoms with Crippen molar-refractivity contribution in [2.24, 2.45) is 23.7 Å². The van der Waals surface area contributed by atoms with Crippen LogP contribution < -0.4 is 9.47 Å². The standard InChI is InChI=1S/C23H24O4/c1-14-5-3-7-18(11-14)26-22(24)20-16-9-10-17(13-16)21(20)23(25)27-19-8-4-6-15(2)12-19/h3-8,11-12,16-17,20-21H,9-10,13H2,1-2H3. The van der Waals surface area contributed by atoms with E-state index in [-0.39, 0.29) is 23.8 Å². The van der Waals surface area contributed by atoms with E-state index in [1.807, 2.05) is 50.2 Å². The molecule has 4 nitrogen and oxygen atoms in total. The van der Waals surface area contributed by atoms with E-state index in [1.54, 1.807) is 12.1 Å². The summed E-state index contributed by atoms with van der Waals surface area (Å²) in [5, 5.41) is 0. The Morgan fingerprint density at radius 2 is 1.22 bits per heavy atom. The highest BCUT2D eigenvalue weighted by Crippen LogP contribution is 2.53. The quantitative estimate of drug-likeness (QED) is 0.593. The molecule has 2 fully saturated rings. The topological polar surface area (TPSA) is 52.6 Å². The molecule has 27 heavy (non-hydrogen) atoms. The van der Waals surface area contributed by atoms with Crippen molar-refractivity contribution in [3.8, 4) is 11.5 Å². The Morgan fingerprint density at radius 3 is 1.63 bits per heavy atom. The number of rotatable bonds is 4. The summed E-state index contributed by atoms with van der Waals surface area (Å²) in [7, 11) is 0. The maximum atomic E-state index is 12.9. The lowest BCUT2D eigenvalue weighted by Crippen LogP contribution is -2.39. The smallest absolute Gasteiger partial charge is 0.315 e. The van der Waals surface area contributed by atoms with Crippen LogP contribution in [0.2, 0.25) is 0 Å². The van der Waals surface area contributed by atoms with E-state index in [0.29, 0.717) is 11.5 Å². The molecule has 2 saturated carbocycles. The molecular formula is C23H24O4. The SMILES string of the molecule is Cc1cccc(OC(=O)C2C3CCC(C3)C2C(=O)Oc2cccc(C)c2)c1. The van der Waals surface area contributed by atoms with Gasteiger partial charge in [0.2, 0.25) is 0 Å². The molecule has 0 N–H and O–H groups in total. The molecule has 4 unspecified atom stereocenters. The van der Waals surface area contributed by atoms with Gasteiger partial charge in [-0.2, -0.15) is 0 Å². The third kappa shape index (κ3) is 3.61.